The Morgan fingerprint density at radius 2 is 2.21 bits per heavy atom. The summed E-state index contributed by atoms with van der Waals surface area (Å²) in [5, 5.41) is 8.89. The zero-order chi connectivity index (χ0) is 13.8. The highest BCUT2D eigenvalue weighted by atomic mass is 14.9. The molecule has 0 saturated heterocycles. The SMILES string of the molecule is C=C(C)/C=C\C(=C/C)c1nc2ccc(C#N)cc2[nH]1. The number of aromatic nitrogens is 2. The minimum Gasteiger partial charge on any atom is -0.338 e. The second-order valence-electron chi connectivity index (χ2n) is 4.35. The molecule has 0 atom stereocenters. The lowest BCUT2D eigenvalue weighted by Gasteiger charge is -1.95. The Labute approximate surface area is 112 Å². The summed E-state index contributed by atoms with van der Waals surface area (Å²) in [6.07, 6.45) is 5.91. The molecule has 19 heavy (non-hydrogen) atoms. The molecular weight excluding hydrogens is 234 g/mol. The molecule has 1 aromatic carbocycles. The van der Waals surface area contributed by atoms with Crippen LogP contribution in [0.2, 0.25) is 0 Å². The molecule has 0 fully saturated rings. The molecule has 0 radical (unpaired) electrons. The lowest BCUT2D eigenvalue weighted by Crippen LogP contribution is -1.83. The van der Waals surface area contributed by atoms with E-state index in [0.717, 1.165) is 28.0 Å². The Bertz CT molecular complexity index is 724. The van der Waals surface area contributed by atoms with Crippen LogP contribution in [0.15, 0.2) is 48.6 Å². The lowest BCUT2D eigenvalue weighted by molar-refractivity contribution is 1.27. The third kappa shape index (κ3) is 2.80. The number of hydrogen-bond acceptors (Lipinski definition) is 2. The summed E-state index contributed by atoms with van der Waals surface area (Å²) in [6.45, 7) is 7.75. The van der Waals surface area contributed by atoms with Gasteiger partial charge in [-0.1, -0.05) is 30.4 Å². The first-order chi connectivity index (χ1) is 9.13. The van der Waals surface area contributed by atoms with Crippen molar-refractivity contribution in [1.82, 2.24) is 9.97 Å². The zero-order valence-electron chi connectivity index (χ0n) is 11.1. The number of rotatable bonds is 3. The number of nitriles is 1. The Hall–Kier alpha value is -2.60. The fourth-order valence-electron chi connectivity index (χ4n) is 1.76. The van der Waals surface area contributed by atoms with Crippen molar-refractivity contribution in [2.45, 2.75) is 13.8 Å². The molecule has 1 heterocycles. The molecule has 0 aliphatic heterocycles. The Balaban J connectivity index is 2.45. The molecular formula is C16H15N3. The predicted octanol–water partition coefficient (Wildman–Crippen LogP) is 3.97. The van der Waals surface area contributed by atoms with Crippen LogP contribution < -0.4 is 0 Å². The predicted molar refractivity (Wildman–Crippen MR) is 78.4 cm³/mol. The fourth-order valence-corrected chi connectivity index (χ4v) is 1.76. The molecule has 2 aromatic rings. The minimum atomic E-state index is 0.627. The summed E-state index contributed by atoms with van der Waals surface area (Å²) in [6, 6.07) is 7.55. The summed E-state index contributed by atoms with van der Waals surface area (Å²) in [7, 11) is 0. The van der Waals surface area contributed by atoms with Gasteiger partial charge in [0.1, 0.15) is 5.82 Å². The van der Waals surface area contributed by atoms with Crippen LogP contribution in [0.25, 0.3) is 16.6 Å². The molecule has 3 heteroatoms. The van der Waals surface area contributed by atoms with Gasteiger partial charge >= 0.3 is 0 Å². The first-order valence-corrected chi connectivity index (χ1v) is 6.04. The first kappa shape index (κ1) is 12.8. The molecule has 0 aliphatic rings. The number of fused-ring (bicyclic) bond motifs is 1. The molecule has 1 N–H and O–H groups in total. The van der Waals surface area contributed by atoms with Crippen LogP contribution in [0.5, 0.6) is 0 Å². The zero-order valence-corrected chi connectivity index (χ0v) is 11.1. The quantitative estimate of drug-likeness (QED) is 0.837. The van der Waals surface area contributed by atoms with E-state index < -0.39 is 0 Å². The van der Waals surface area contributed by atoms with Gasteiger partial charge in [-0.2, -0.15) is 5.26 Å². The molecule has 2 rings (SSSR count). The van der Waals surface area contributed by atoms with E-state index in [1.54, 1.807) is 6.07 Å². The second kappa shape index (κ2) is 5.36. The maximum atomic E-state index is 8.89. The number of aromatic amines is 1. The molecule has 0 unspecified atom stereocenters. The van der Waals surface area contributed by atoms with Gasteiger partial charge in [0, 0.05) is 5.57 Å². The van der Waals surface area contributed by atoms with Crippen molar-refractivity contribution in [3.8, 4) is 6.07 Å². The smallest absolute Gasteiger partial charge is 0.138 e. The number of allylic oxidation sites excluding steroid dienone is 5. The maximum absolute atomic E-state index is 8.89. The van der Waals surface area contributed by atoms with Crippen molar-refractivity contribution in [3.63, 3.8) is 0 Å². The normalized spacial score (nSPS) is 11.9. The van der Waals surface area contributed by atoms with Crippen molar-refractivity contribution < 1.29 is 0 Å². The van der Waals surface area contributed by atoms with Gasteiger partial charge in [-0.25, -0.2) is 4.98 Å². The van der Waals surface area contributed by atoms with Gasteiger partial charge in [0.25, 0.3) is 0 Å². The van der Waals surface area contributed by atoms with Crippen LogP contribution in [-0.4, -0.2) is 9.97 Å². The molecule has 0 amide bonds. The molecule has 1 aromatic heterocycles. The maximum Gasteiger partial charge on any atom is 0.138 e. The average molecular weight is 249 g/mol. The van der Waals surface area contributed by atoms with E-state index in [0.29, 0.717) is 5.56 Å². The number of imidazole rings is 1. The van der Waals surface area contributed by atoms with Gasteiger partial charge in [0.15, 0.2) is 0 Å². The number of nitrogens with zero attached hydrogens (tertiary/aromatic N) is 2. The highest BCUT2D eigenvalue weighted by Gasteiger charge is 2.05. The van der Waals surface area contributed by atoms with E-state index in [2.05, 4.69) is 22.6 Å². The van der Waals surface area contributed by atoms with Crippen molar-refractivity contribution in [1.29, 1.82) is 5.26 Å². The molecule has 0 bridgehead atoms. The van der Waals surface area contributed by atoms with Crippen molar-refractivity contribution >= 4 is 16.6 Å². The third-order valence-corrected chi connectivity index (χ3v) is 2.74. The largest absolute Gasteiger partial charge is 0.338 e. The first-order valence-electron chi connectivity index (χ1n) is 6.04. The highest BCUT2D eigenvalue weighted by Crippen LogP contribution is 2.19. The van der Waals surface area contributed by atoms with Gasteiger partial charge in [-0.15, -0.1) is 0 Å². The monoisotopic (exact) mass is 249 g/mol. The van der Waals surface area contributed by atoms with Crippen LogP contribution >= 0.6 is 0 Å². The molecule has 0 aliphatic carbocycles. The number of hydrogen-bond donors (Lipinski definition) is 1. The van der Waals surface area contributed by atoms with Gasteiger partial charge < -0.3 is 4.98 Å². The number of benzene rings is 1. The van der Waals surface area contributed by atoms with Gasteiger partial charge in [-0.3, -0.25) is 0 Å². The molecule has 94 valence electrons. The second-order valence-corrected chi connectivity index (χ2v) is 4.35. The standard InChI is InChI=1S/C16H15N3/c1-4-13(7-5-11(2)3)16-18-14-8-6-12(10-17)9-15(14)19-16/h4-9H,2H2,1,3H3,(H,18,19)/b7-5-,13-4+. The van der Waals surface area contributed by atoms with E-state index in [4.69, 9.17) is 5.26 Å². The number of nitrogens with one attached hydrogen (secondary N) is 1. The molecule has 3 nitrogen and oxygen atoms in total. The molecule has 0 spiro atoms. The summed E-state index contributed by atoms with van der Waals surface area (Å²) >= 11 is 0. The average Bonchev–Trinajstić information content (AvgIpc) is 2.81. The van der Waals surface area contributed by atoms with Crippen molar-refractivity contribution in [2.75, 3.05) is 0 Å². The van der Waals surface area contributed by atoms with Crippen LogP contribution in [0.3, 0.4) is 0 Å². The van der Waals surface area contributed by atoms with E-state index in [9.17, 15) is 0 Å². The number of H-pyrrole nitrogens is 1. The van der Waals surface area contributed by atoms with Crippen LogP contribution in [0.4, 0.5) is 0 Å². The van der Waals surface area contributed by atoms with Crippen LogP contribution in [-0.2, 0) is 0 Å². The Morgan fingerprint density at radius 1 is 1.42 bits per heavy atom. The van der Waals surface area contributed by atoms with E-state index in [-0.39, 0.29) is 0 Å². The third-order valence-electron chi connectivity index (χ3n) is 2.74. The van der Waals surface area contributed by atoms with E-state index in [1.807, 2.05) is 44.2 Å². The summed E-state index contributed by atoms with van der Waals surface area (Å²) in [5.41, 5.74) is 4.34. The highest BCUT2D eigenvalue weighted by molar-refractivity contribution is 5.82. The Morgan fingerprint density at radius 3 is 2.84 bits per heavy atom. The topological polar surface area (TPSA) is 52.5 Å². The summed E-state index contributed by atoms with van der Waals surface area (Å²) in [5.74, 6) is 0.796. The van der Waals surface area contributed by atoms with Crippen LogP contribution in [0, 0.1) is 11.3 Å². The van der Waals surface area contributed by atoms with Gasteiger partial charge in [-0.05, 0) is 32.0 Å². The Kier molecular flexibility index (Phi) is 3.63. The summed E-state index contributed by atoms with van der Waals surface area (Å²) < 4.78 is 0. The van der Waals surface area contributed by atoms with Crippen molar-refractivity contribution in [3.05, 3.63) is 60.0 Å². The van der Waals surface area contributed by atoms with Gasteiger partial charge in [0.2, 0.25) is 0 Å². The fraction of sp³-hybridized carbons (Fsp3) is 0.125. The van der Waals surface area contributed by atoms with Crippen molar-refractivity contribution in [2.24, 2.45) is 0 Å². The van der Waals surface area contributed by atoms with Gasteiger partial charge in [0.05, 0.1) is 22.7 Å². The van der Waals surface area contributed by atoms with E-state index >= 15 is 0 Å². The minimum absolute atomic E-state index is 0.627. The molecule has 0 saturated carbocycles. The summed E-state index contributed by atoms with van der Waals surface area (Å²) in [4.78, 5) is 7.76. The van der Waals surface area contributed by atoms with E-state index in [1.165, 1.54) is 0 Å². The lowest BCUT2D eigenvalue weighted by atomic mass is 10.2. The van der Waals surface area contributed by atoms with Crippen LogP contribution in [0.1, 0.15) is 25.2 Å².